The first kappa shape index (κ1) is 25.2. The molecule has 2 saturated heterocycles. The number of ether oxygens (including phenoxy) is 1. The molecule has 2 aliphatic heterocycles. The Labute approximate surface area is 219 Å². The number of fused-ring (bicyclic) bond motifs is 1. The maximum atomic E-state index is 16.0. The molecular formula is C26H29ClFN7O2. The lowest BCUT2D eigenvalue weighted by Gasteiger charge is -2.35. The van der Waals surface area contributed by atoms with E-state index in [1.54, 1.807) is 29.3 Å². The van der Waals surface area contributed by atoms with Crippen molar-refractivity contribution in [2.45, 2.75) is 18.9 Å². The molecule has 0 unspecified atom stereocenters. The molecule has 5 rings (SSSR count). The summed E-state index contributed by atoms with van der Waals surface area (Å²) in [4.78, 5) is 31.5. The smallest absolute Gasteiger partial charge is 0.319 e. The van der Waals surface area contributed by atoms with Crippen LogP contribution < -0.4 is 15.4 Å². The largest absolute Gasteiger partial charge is 0.462 e. The van der Waals surface area contributed by atoms with Crippen molar-refractivity contribution in [2.24, 2.45) is 0 Å². The van der Waals surface area contributed by atoms with Crippen LogP contribution in [0.4, 0.5) is 15.9 Å². The number of amides is 1. The molecule has 2 fully saturated rings. The second kappa shape index (κ2) is 10.5. The molecular weight excluding hydrogens is 497 g/mol. The molecule has 1 atom stereocenters. The third kappa shape index (κ3) is 5.03. The number of piperazine rings is 1. The number of nitrogen functional groups attached to an aromatic ring is 1. The molecule has 0 aliphatic carbocycles. The number of hydrogen-bond acceptors (Lipinski definition) is 8. The Hall–Kier alpha value is -3.50. The summed E-state index contributed by atoms with van der Waals surface area (Å²) in [7, 11) is 2.06. The highest BCUT2D eigenvalue weighted by Crippen LogP contribution is 2.35. The fourth-order valence-corrected chi connectivity index (χ4v) is 5.07. The van der Waals surface area contributed by atoms with Gasteiger partial charge in [0.05, 0.1) is 10.4 Å². The second-order valence-corrected chi connectivity index (χ2v) is 9.76. The highest BCUT2D eigenvalue weighted by atomic mass is 35.5. The van der Waals surface area contributed by atoms with Crippen molar-refractivity contribution in [1.82, 2.24) is 24.8 Å². The Morgan fingerprint density at radius 2 is 2.05 bits per heavy atom. The number of pyridine rings is 1. The number of anilines is 2. The lowest BCUT2D eigenvalue weighted by Crippen LogP contribution is -2.48. The third-order valence-corrected chi connectivity index (χ3v) is 7.36. The molecule has 0 spiro atoms. The van der Waals surface area contributed by atoms with Crippen LogP contribution >= 0.6 is 11.6 Å². The quantitative estimate of drug-likeness (QED) is 0.386. The van der Waals surface area contributed by atoms with Crippen LogP contribution in [-0.4, -0.2) is 83.1 Å². The van der Waals surface area contributed by atoms with Crippen molar-refractivity contribution >= 4 is 39.9 Å². The SMILES string of the molecule is C=CC(=O)N1CCN(c2nc(OC[C@@H]3CCCN3C)nc3c(F)c(-c4cc(N)ccc4Cl)ncc23)CC1. The summed E-state index contributed by atoms with van der Waals surface area (Å²) in [5.74, 6) is -0.229. The number of benzene rings is 1. The Bertz CT molecular complexity index is 1350. The summed E-state index contributed by atoms with van der Waals surface area (Å²) in [5.41, 5.74) is 6.90. The van der Waals surface area contributed by atoms with Gasteiger partial charge in [-0.25, -0.2) is 4.39 Å². The zero-order valence-corrected chi connectivity index (χ0v) is 21.4. The molecule has 0 saturated carbocycles. The van der Waals surface area contributed by atoms with E-state index in [0.717, 1.165) is 19.4 Å². The van der Waals surface area contributed by atoms with Gasteiger partial charge in [-0.2, -0.15) is 9.97 Å². The Balaban J connectivity index is 1.55. The molecule has 1 amide bonds. The summed E-state index contributed by atoms with van der Waals surface area (Å²) in [6, 6.07) is 5.19. The minimum Gasteiger partial charge on any atom is -0.462 e. The maximum Gasteiger partial charge on any atom is 0.319 e. The number of carbonyl (C=O) groups excluding carboxylic acids is 1. The van der Waals surface area contributed by atoms with E-state index in [2.05, 4.69) is 33.5 Å². The maximum absolute atomic E-state index is 16.0. The van der Waals surface area contributed by atoms with Crippen LogP contribution in [0.15, 0.2) is 37.1 Å². The topological polar surface area (TPSA) is 101 Å². The first-order valence-corrected chi connectivity index (χ1v) is 12.6. The minimum absolute atomic E-state index is 0.0531. The number of aromatic nitrogens is 3. The molecule has 194 valence electrons. The highest BCUT2D eigenvalue weighted by molar-refractivity contribution is 6.33. The van der Waals surface area contributed by atoms with E-state index >= 15 is 4.39 Å². The van der Waals surface area contributed by atoms with Crippen LogP contribution in [0.1, 0.15) is 12.8 Å². The summed E-state index contributed by atoms with van der Waals surface area (Å²) in [6.07, 6.45) is 4.99. The van der Waals surface area contributed by atoms with Gasteiger partial charge < -0.3 is 25.2 Å². The number of nitrogens with zero attached hydrogens (tertiary/aromatic N) is 6. The van der Waals surface area contributed by atoms with Crippen LogP contribution in [0.3, 0.4) is 0 Å². The van der Waals surface area contributed by atoms with Crippen molar-refractivity contribution in [2.75, 3.05) is 57.0 Å². The van der Waals surface area contributed by atoms with Gasteiger partial charge in [0.15, 0.2) is 5.82 Å². The number of carbonyl (C=O) groups is 1. The summed E-state index contributed by atoms with van der Waals surface area (Å²) in [6.45, 7) is 7.00. The number of rotatable bonds is 6. The average Bonchev–Trinajstić information content (AvgIpc) is 3.33. The normalized spacial score (nSPS) is 18.4. The van der Waals surface area contributed by atoms with Crippen molar-refractivity contribution in [1.29, 1.82) is 0 Å². The molecule has 37 heavy (non-hydrogen) atoms. The van der Waals surface area contributed by atoms with Crippen molar-refractivity contribution < 1.29 is 13.9 Å². The van der Waals surface area contributed by atoms with E-state index < -0.39 is 5.82 Å². The van der Waals surface area contributed by atoms with Gasteiger partial charge in [0.25, 0.3) is 0 Å². The molecule has 2 aliphatic rings. The molecule has 2 N–H and O–H groups in total. The van der Waals surface area contributed by atoms with Crippen LogP contribution in [0.2, 0.25) is 5.02 Å². The zero-order chi connectivity index (χ0) is 26.1. The minimum atomic E-state index is -0.628. The van der Waals surface area contributed by atoms with Crippen LogP contribution in [0.25, 0.3) is 22.2 Å². The van der Waals surface area contributed by atoms with Crippen molar-refractivity contribution in [3.8, 4) is 17.3 Å². The van der Waals surface area contributed by atoms with Crippen LogP contribution in [-0.2, 0) is 4.79 Å². The second-order valence-electron chi connectivity index (χ2n) is 9.36. The van der Waals surface area contributed by atoms with Gasteiger partial charge in [-0.3, -0.25) is 9.78 Å². The predicted octanol–water partition coefficient (Wildman–Crippen LogP) is 3.37. The third-order valence-electron chi connectivity index (χ3n) is 7.03. The fourth-order valence-electron chi connectivity index (χ4n) is 4.87. The number of hydrogen-bond donors (Lipinski definition) is 1. The Morgan fingerprint density at radius 1 is 1.27 bits per heavy atom. The predicted molar refractivity (Wildman–Crippen MR) is 142 cm³/mol. The molecule has 4 heterocycles. The monoisotopic (exact) mass is 525 g/mol. The lowest BCUT2D eigenvalue weighted by atomic mass is 10.1. The van der Waals surface area contributed by atoms with Crippen LogP contribution in [0, 0.1) is 5.82 Å². The molecule has 3 aromatic rings. The molecule has 9 nitrogen and oxygen atoms in total. The van der Waals surface area contributed by atoms with E-state index in [1.807, 2.05) is 4.90 Å². The van der Waals surface area contributed by atoms with Gasteiger partial charge in [-0.15, -0.1) is 0 Å². The highest BCUT2D eigenvalue weighted by Gasteiger charge is 2.27. The zero-order valence-electron chi connectivity index (χ0n) is 20.7. The number of halogens is 2. The van der Waals surface area contributed by atoms with Crippen molar-refractivity contribution in [3.05, 3.63) is 47.9 Å². The van der Waals surface area contributed by atoms with Gasteiger partial charge in [0.1, 0.15) is 23.6 Å². The lowest BCUT2D eigenvalue weighted by molar-refractivity contribution is -0.126. The number of likely N-dealkylation sites (tertiary alicyclic amines) is 1. The first-order chi connectivity index (χ1) is 17.9. The van der Waals surface area contributed by atoms with Gasteiger partial charge in [0.2, 0.25) is 5.91 Å². The molecule has 0 radical (unpaired) electrons. The fraction of sp³-hybridized carbons (Fsp3) is 0.385. The molecule has 1 aromatic carbocycles. The van der Waals surface area contributed by atoms with Gasteiger partial charge in [0, 0.05) is 49.7 Å². The summed E-state index contributed by atoms with van der Waals surface area (Å²) in [5, 5.41) is 0.785. The number of likely N-dealkylation sites (N-methyl/N-ethyl adjacent to an activating group) is 1. The van der Waals surface area contributed by atoms with E-state index in [4.69, 9.17) is 22.1 Å². The first-order valence-electron chi connectivity index (χ1n) is 12.3. The molecule has 11 heteroatoms. The molecule has 0 bridgehead atoms. The van der Waals surface area contributed by atoms with E-state index in [0.29, 0.717) is 60.3 Å². The summed E-state index contributed by atoms with van der Waals surface area (Å²) < 4.78 is 22.0. The van der Waals surface area contributed by atoms with Crippen molar-refractivity contribution in [3.63, 3.8) is 0 Å². The van der Waals surface area contributed by atoms with E-state index in [9.17, 15) is 4.79 Å². The summed E-state index contributed by atoms with van der Waals surface area (Å²) >= 11 is 6.35. The standard InChI is InChI=1S/C26H29ClFN7O2/c1-3-21(36)34-9-11-35(12-10-34)25-19-14-30-23(18-13-16(29)6-7-20(18)27)22(28)24(19)31-26(32-25)37-15-17-5-4-8-33(17)2/h3,6-7,13-14,17H,1,4-5,8-12,15,29H2,2H3/t17-/m0/s1. The van der Waals surface area contributed by atoms with E-state index in [-0.39, 0.29) is 29.2 Å². The van der Waals surface area contributed by atoms with Gasteiger partial charge >= 0.3 is 6.01 Å². The Morgan fingerprint density at radius 3 is 2.76 bits per heavy atom. The van der Waals surface area contributed by atoms with Gasteiger partial charge in [-0.05, 0) is 50.7 Å². The molecule has 2 aromatic heterocycles. The average molecular weight is 526 g/mol. The Kier molecular flexibility index (Phi) is 7.12. The number of nitrogens with two attached hydrogens (primary N) is 1. The van der Waals surface area contributed by atoms with Gasteiger partial charge in [-0.1, -0.05) is 18.2 Å². The van der Waals surface area contributed by atoms with E-state index in [1.165, 1.54) is 6.08 Å². The van der Waals surface area contributed by atoms with Crippen LogP contribution in [0.5, 0.6) is 6.01 Å².